The molecule has 0 aliphatic carbocycles. The second kappa shape index (κ2) is 5.73. The molecule has 0 spiro atoms. The molecule has 0 bridgehead atoms. The van der Waals surface area contributed by atoms with E-state index < -0.39 is 17.2 Å². The van der Waals surface area contributed by atoms with Gasteiger partial charge in [0, 0.05) is 12.1 Å². The van der Waals surface area contributed by atoms with E-state index in [2.05, 4.69) is 22.4 Å². The maximum absolute atomic E-state index is 12.6. The van der Waals surface area contributed by atoms with Crippen LogP contribution in [0.4, 0.5) is 18.9 Å². The van der Waals surface area contributed by atoms with Crippen molar-refractivity contribution in [3.05, 3.63) is 45.6 Å². The number of aromatic nitrogens is 3. The molecule has 2 rings (SSSR count). The molecule has 0 radical (unpaired) electrons. The Labute approximate surface area is 120 Å². The summed E-state index contributed by atoms with van der Waals surface area (Å²) in [5.74, 6) is -1.27. The molecule has 21 heavy (non-hydrogen) atoms. The SMILES string of the molecule is [O-][NH+](O)c1ccc(C=Nn2c(C(F)(F)F)n[nH]c2=S)cc1. The maximum atomic E-state index is 12.6. The van der Waals surface area contributed by atoms with Gasteiger partial charge in [0.05, 0.1) is 6.21 Å². The van der Waals surface area contributed by atoms with Gasteiger partial charge in [-0.25, -0.2) is 10.3 Å². The fraction of sp³-hybridized carbons (Fsp3) is 0.100. The molecule has 11 heteroatoms. The molecule has 1 unspecified atom stereocenters. The van der Waals surface area contributed by atoms with Crippen LogP contribution in [0.1, 0.15) is 11.4 Å². The second-order valence-corrected chi connectivity index (χ2v) is 4.22. The lowest BCUT2D eigenvalue weighted by molar-refractivity contribution is -0.991. The lowest BCUT2D eigenvalue weighted by atomic mass is 10.2. The number of alkyl halides is 3. The zero-order valence-corrected chi connectivity index (χ0v) is 10.9. The van der Waals surface area contributed by atoms with Crippen molar-refractivity contribution in [2.45, 2.75) is 6.18 Å². The number of nitrogens with zero attached hydrogens (tertiary/aromatic N) is 3. The van der Waals surface area contributed by atoms with Crippen LogP contribution in [0.2, 0.25) is 0 Å². The van der Waals surface area contributed by atoms with Crippen molar-refractivity contribution < 1.29 is 23.6 Å². The number of halogens is 3. The molecule has 0 amide bonds. The van der Waals surface area contributed by atoms with Crippen molar-refractivity contribution in [1.29, 1.82) is 0 Å². The molecule has 112 valence electrons. The van der Waals surface area contributed by atoms with E-state index in [0.717, 1.165) is 6.21 Å². The second-order valence-electron chi connectivity index (χ2n) is 3.83. The molecular formula is C10H8F3N5O2S. The molecule has 3 N–H and O–H groups in total. The zero-order chi connectivity index (χ0) is 15.6. The molecule has 0 saturated carbocycles. The summed E-state index contributed by atoms with van der Waals surface area (Å²) < 4.78 is 38.1. The molecule has 7 nitrogen and oxygen atoms in total. The van der Waals surface area contributed by atoms with Crippen LogP contribution in [-0.2, 0) is 6.18 Å². The Bertz CT molecular complexity index is 705. The molecule has 0 fully saturated rings. The summed E-state index contributed by atoms with van der Waals surface area (Å²) in [4.78, 5) is 0. The predicted octanol–water partition coefficient (Wildman–Crippen LogP) is 1.25. The molecule has 0 aliphatic rings. The van der Waals surface area contributed by atoms with Gasteiger partial charge in [0.1, 0.15) is 0 Å². The van der Waals surface area contributed by atoms with Gasteiger partial charge in [0.25, 0.3) is 5.82 Å². The lowest BCUT2D eigenvalue weighted by Crippen LogP contribution is -2.99. The summed E-state index contributed by atoms with van der Waals surface area (Å²) in [5.41, 5.74) is 0.472. The van der Waals surface area contributed by atoms with Gasteiger partial charge in [0.2, 0.25) is 4.77 Å². The average Bonchev–Trinajstić information content (AvgIpc) is 2.78. The van der Waals surface area contributed by atoms with E-state index in [0.29, 0.717) is 10.2 Å². The van der Waals surface area contributed by atoms with Gasteiger partial charge in [0.15, 0.2) is 5.69 Å². The van der Waals surface area contributed by atoms with Crippen molar-refractivity contribution >= 4 is 24.1 Å². The number of rotatable bonds is 3. The van der Waals surface area contributed by atoms with Crippen LogP contribution in [0.25, 0.3) is 0 Å². The first-order valence-corrected chi connectivity index (χ1v) is 5.82. The van der Waals surface area contributed by atoms with E-state index in [9.17, 15) is 18.4 Å². The van der Waals surface area contributed by atoms with Crippen LogP contribution in [0.3, 0.4) is 0 Å². The number of hydrogen-bond acceptors (Lipinski definition) is 5. The van der Waals surface area contributed by atoms with E-state index in [1.54, 1.807) is 0 Å². The minimum absolute atomic E-state index is 0.0584. The first kappa shape index (κ1) is 15.3. The lowest BCUT2D eigenvalue weighted by Gasteiger charge is -2.10. The van der Waals surface area contributed by atoms with Crippen molar-refractivity contribution in [3.63, 3.8) is 0 Å². The number of aromatic amines is 1. The van der Waals surface area contributed by atoms with Crippen LogP contribution >= 0.6 is 12.2 Å². The molecule has 1 atom stereocenters. The van der Waals surface area contributed by atoms with Gasteiger partial charge in [-0.1, -0.05) is 0 Å². The third kappa shape index (κ3) is 3.52. The summed E-state index contributed by atoms with van der Waals surface area (Å²) in [5, 5.41) is 27.0. The highest BCUT2D eigenvalue weighted by Gasteiger charge is 2.37. The molecule has 0 aliphatic heterocycles. The minimum Gasteiger partial charge on any atom is -0.595 e. The number of nitrogens with one attached hydrogen (secondary N) is 2. The molecule has 2 aromatic rings. The Morgan fingerprint density at radius 3 is 2.52 bits per heavy atom. The van der Waals surface area contributed by atoms with E-state index in [4.69, 9.17) is 5.21 Å². The molecule has 1 heterocycles. The molecule has 0 saturated heterocycles. The van der Waals surface area contributed by atoms with Crippen molar-refractivity contribution in [2.24, 2.45) is 5.10 Å². The van der Waals surface area contributed by atoms with Gasteiger partial charge in [-0.2, -0.15) is 28.2 Å². The normalized spacial score (nSPS) is 13.8. The highest BCUT2D eigenvalue weighted by molar-refractivity contribution is 7.71. The largest absolute Gasteiger partial charge is 0.595 e. The Balaban J connectivity index is 2.30. The quantitative estimate of drug-likeness (QED) is 0.451. The van der Waals surface area contributed by atoms with Gasteiger partial charge >= 0.3 is 6.18 Å². The monoisotopic (exact) mass is 319 g/mol. The molecule has 1 aromatic heterocycles. The Morgan fingerprint density at radius 1 is 1.38 bits per heavy atom. The number of quaternary nitrogens is 1. The van der Waals surface area contributed by atoms with Crippen LogP contribution in [-0.4, -0.2) is 26.3 Å². The number of benzene rings is 1. The van der Waals surface area contributed by atoms with Crippen molar-refractivity contribution in [1.82, 2.24) is 14.9 Å². The smallest absolute Gasteiger partial charge is 0.453 e. The summed E-state index contributed by atoms with van der Waals surface area (Å²) in [6.45, 7) is 0. The van der Waals surface area contributed by atoms with Crippen LogP contribution in [0, 0.1) is 9.98 Å². The average molecular weight is 319 g/mol. The zero-order valence-electron chi connectivity index (χ0n) is 10.1. The van der Waals surface area contributed by atoms with Gasteiger partial charge in [-0.3, -0.25) is 0 Å². The van der Waals surface area contributed by atoms with Crippen LogP contribution in [0.15, 0.2) is 29.4 Å². The minimum atomic E-state index is -4.70. The van der Waals surface area contributed by atoms with Gasteiger partial charge < -0.3 is 5.21 Å². The van der Waals surface area contributed by atoms with Gasteiger partial charge in [-0.15, -0.1) is 5.10 Å². The number of H-pyrrole nitrogens is 1. The van der Waals surface area contributed by atoms with Gasteiger partial charge in [-0.05, 0) is 29.9 Å². The Morgan fingerprint density at radius 2 is 2.00 bits per heavy atom. The van der Waals surface area contributed by atoms with Crippen LogP contribution < -0.4 is 5.23 Å². The van der Waals surface area contributed by atoms with Crippen molar-refractivity contribution in [2.75, 3.05) is 0 Å². The Hall–Kier alpha value is -2.08. The summed E-state index contributed by atoms with van der Waals surface area (Å²) in [7, 11) is 0. The highest BCUT2D eigenvalue weighted by atomic mass is 32.1. The van der Waals surface area contributed by atoms with Crippen LogP contribution in [0.5, 0.6) is 0 Å². The fourth-order valence-electron chi connectivity index (χ4n) is 1.42. The standard InChI is InChI=1S/C10H8F3N5O2S/c11-10(12,13)8-15-16-9(21)17(8)14-5-6-1-3-7(4-2-6)18(19)20/h1-5,18-19H,(H,16,21). The van der Waals surface area contributed by atoms with Crippen molar-refractivity contribution in [3.8, 4) is 0 Å². The highest BCUT2D eigenvalue weighted by Crippen LogP contribution is 2.27. The summed E-state index contributed by atoms with van der Waals surface area (Å²) in [6.07, 6.45) is -3.58. The van der Waals surface area contributed by atoms with E-state index in [1.165, 1.54) is 24.3 Å². The molecular weight excluding hydrogens is 311 g/mol. The topological polar surface area (TPSA) is 93.7 Å². The number of hydrogen-bond donors (Lipinski definition) is 3. The first-order valence-electron chi connectivity index (χ1n) is 5.41. The fourth-order valence-corrected chi connectivity index (χ4v) is 1.60. The Kier molecular flexibility index (Phi) is 4.18. The summed E-state index contributed by atoms with van der Waals surface area (Å²) in [6, 6.07) is 5.43. The third-order valence-electron chi connectivity index (χ3n) is 2.38. The third-order valence-corrected chi connectivity index (χ3v) is 2.65. The van der Waals surface area contributed by atoms with E-state index in [-0.39, 0.29) is 10.5 Å². The summed E-state index contributed by atoms with van der Waals surface area (Å²) >= 11 is 4.67. The first-order chi connectivity index (χ1) is 9.79. The van der Waals surface area contributed by atoms with E-state index in [1.807, 2.05) is 5.10 Å². The van der Waals surface area contributed by atoms with E-state index >= 15 is 0 Å². The molecule has 1 aromatic carbocycles. The maximum Gasteiger partial charge on any atom is 0.453 e. The predicted molar refractivity (Wildman–Crippen MR) is 67.6 cm³/mol.